The predicted molar refractivity (Wildman–Crippen MR) is 57.8 cm³/mol. The van der Waals surface area contributed by atoms with E-state index in [0.717, 1.165) is 13.0 Å². The van der Waals surface area contributed by atoms with Gasteiger partial charge in [-0.3, -0.25) is 0 Å². The quantitative estimate of drug-likeness (QED) is 0.643. The third-order valence-electron chi connectivity index (χ3n) is 2.65. The Kier molecular flexibility index (Phi) is 4.14. The molecule has 2 N–H and O–H groups in total. The van der Waals surface area contributed by atoms with E-state index in [1.807, 2.05) is 34.6 Å². The topological polar surface area (TPSA) is 32.3 Å². The summed E-state index contributed by atoms with van der Waals surface area (Å²) >= 11 is 0. The van der Waals surface area contributed by atoms with Crippen molar-refractivity contribution in [2.45, 2.75) is 52.2 Å². The third kappa shape index (κ3) is 4.44. The normalized spacial score (nSPS) is 13.1. The highest BCUT2D eigenvalue weighted by Gasteiger charge is 2.33. The summed E-state index contributed by atoms with van der Waals surface area (Å²) < 4.78 is 0. The van der Waals surface area contributed by atoms with Gasteiger partial charge in [-0.05, 0) is 47.6 Å². The Labute approximate surface area is 82.0 Å². The van der Waals surface area contributed by atoms with Crippen molar-refractivity contribution in [3.8, 4) is 0 Å². The summed E-state index contributed by atoms with van der Waals surface area (Å²) in [5, 5.41) is 13.1. The highest BCUT2D eigenvalue weighted by atomic mass is 16.3. The first-order valence-corrected chi connectivity index (χ1v) is 4.78. The highest BCUT2D eigenvalue weighted by Crippen LogP contribution is 2.20. The lowest BCUT2D eigenvalue weighted by Crippen LogP contribution is -2.56. The average molecular weight is 185 g/mol. The molecule has 0 fully saturated rings. The zero-order valence-corrected chi connectivity index (χ0v) is 9.57. The van der Waals surface area contributed by atoms with Gasteiger partial charge < -0.3 is 10.4 Å². The van der Waals surface area contributed by atoms with Crippen LogP contribution >= 0.6 is 0 Å². The Bertz CT molecular complexity index is 177. The molecule has 0 saturated heterocycles. The molecule has 0 spiro atoms. The summed E-state index contributed by atoms with van der Waals surface area (Å²) in [6.07, 6.45) is 0.958. The van der Waals surface area contributed by atoms with Crippen LogP contribution in [-0.4, -0.2) is 22.8 Å². The number of aliphatic hydroxyl groups is 1. The monoisotopic (exact) mass is 185 g/mol. The van der Waals surface area contributed by atoms with Crippen LogP contribution in [0.5, 0.6) is 0 Å². The van der Waals surface area contributed by atoms with E-state index in [-0.39, 0.29) is 5.54 Å². The minimum absolute atomic E-state index is 0.261. The van der Waals surface area contributed by atoms with E-state index in [4.69, 9.17) is 0 Å². The molecule has 0 aliphatic carbocycles. The second-order valence-electron chi connectivity index (χ2n) is 4.82. The molecule has 0 amide bonds. The average Bonchev–Trinajstić information content (AvgIpc) is 1.82. The van der Waals surface area contributed by atoms with Crippen LogP contribution in [0.1, 0.15) is 41.0 Å². The van der Waals surface area contributed by atoms with E-state index in [2.05, 4.69) is 11.9 Å². The molecule has 0 bridgehead atoms. The summed E-state index contributed by atoms with van der Waals surface area (Å²) in [4.78, 5) is 0. The summed E-state index contributed by atoms with van der Waals surface area (Å²) in [6.45, 7) is 14.4. The molecule has 2 heteroatoms. The van der Waals surface area contributed by atoms with Gasteiger partial charge in [0.05, 0.1) is 5.60 Å². The van der Waals surface area contributed by atoms with Gasteiger partial charge in [0.25, 0.3) is 0 Å². The molecule has 0 aliphatic rings. The lowest BCUT2D eigenvalue weighted by molar-refractivity contribution is -0.00408. The Morgan fingerprint density at radius 3 is 2.08 bits per heavy atom. The van der Waals surface area contributed by atoms with Crippen LogP contribution in [0.3, 0.4) is 0 Å². The minimum Gasteiger partial charge on any atom is -0.389 e. The molecule has 0 aromatic rings. The van der Waals surface area contributed by atoms with Crippen molar-refractivity contribution in [2.75, 3.05) is 6.54 Å². The number of hydrogen-bond donors (Lipinski definition) is 2. The maximum absolute atomic E-state index is 9.83. The minimum atomic E-state index is -0.706. The van der Waals surface area contributed by atoms with Crippen LogP contribution in [0, 0.1) is 0 Å². The summed E-state index contributed by atoms with van der Waals surface area (Å²) in [5.41, 5.74) is 0.198. The molecule has 0 aliphatic heterocycles. The standard InChI is InChI=1S/C11H23NO/c1-9(2)7-8-12-10(3,4)11(5,6)13/h12-13H,1,7-8H2,2-6H3. The van der Waals surface area contributed by atoms with Crippen molar-refractivity contribution < 1.29 is 5.11 Å². The smallest absolute Gasteiger partial charge is 0.0767 e. The summed E-state index contributed by atoms with van der Waals surface area (Å²) in [5.74, 6) is 0. The van der Waals surface area contributed by atoms with Crippen LogP contribution in [0.4, 0.5) is 0 Å². The van der Waals surface area contributed by atoms with Crippen molar-refractivity contribution in [3.05, 3.63) is 12.2 Å². The first-order chi connectivity index (χ1) is 5.67. The van der Waals surface area contributed by atoms with Gasteiger partial charge in [0.1, 0.15) is 0 Å². The molecule has 0 aromatic carbocycles. The lowest BCUT2D eigenvalue weighted by atomic mass is 9.86. The van der Waals surface area contributed by atoms with E-state index in [9.17, 15) is 5.11 Å². The van der Waals surface area contributed by atoms with Crippen molar-refractivity contribution in [3.63, 3.8) is 0 Å². The van der Waals surface area contributed by atoms with Gasteiger partial charge >= 0.3 is 0 Å². The van der Waals surface area contributed by atoms with E-state index >= 15 is 0 Å². The molecule has 13 heavy (non-hydrogen) atoms. The predicted octanol–water partition coefficient (Wildman–Crippen LogP) is 2.09. The van der Waals surface area contributed by atoms with Gasteiger partial charge in [-0.15, -0.1) is 6.58 Å². The van der Waals surface area contributed by atoms with Crippen LogP contribution in [-0.2, 0) is 0 Å². The number of nitrogens with one attached hydrogen (secondary N) is 1. The second-order valence-corrected chi connectivity index (χ2v) is 4.82. The van der Waals surface area contributed by atoms with Gasteiger partial charge in [0, 0.05) is 5.54 Å². The molecule has 0 atom stereocenters. The fourth-order valence-electron chi connectivity index (χ4n) is 0.805. The van der Waals surface area contributed by atoms with Gasteiger partial charge in [-0.25, -0.2) is 0 Å². The van der Waals surface area contributed by atoms with E-state index in [1.165, 1.54) is 5.57 Å². The largest absolute Gasteiger partial charge is 0.389 e. The van der Waals surface area contributed by atoms with Gasteiger partial charge in [-0.1, -0.05) is 5.57 Å². The number of hydrogen-bond acceptors (Lipinski definition) is 2. The second kappa shape index (κ2) is 4.25. The van der Waals surface area contributed by atoms with Crippen molar-refractivity contribution in [1.82, 2.24) is 5.32 Å². The van der Waals surface area contributed by atoms with Crippen molar-refractivity contribution in [1.29, 1.82) is 0 Å². The number of rotatable bonds is 5. The first kappa shape index (κ1) is 12.7. The maximum atomic E-state index is 9.83. The molecule has 78 valence electrons. The van der Waals surface area contributed by atoms with Crippen molar-refractivity contribution >= 4 is 0 Å². The van der Waals surface area contributed by atoms with Crippen LogP contribution in [0.15, 0.2) is 12.2 Å². The zero-order valence-electron chi connectivity index (χ0n) is 9.57. The molecule has 0 radical (unpaired) electrons. The van der Waals surface area contributed by atoms with Crippen LogP contribution < -0.4 is 5.32 Å². The van der Waals surface area contributed by atoms with E-state index < -0.39 is 5.60 Å². The van der Waals surface area contributed by atoms with Gasteiger partial charge in [-0.2, -0.15) is 0 Å². The van der Waals surface area contributed by atoms with Gasteiger partial charge in [0.2, 0.25) is 0 Å². The van der Waals surface area contributed by atoms with E-state index in [1.54, 1.807) is 0 Å². The Balaban J connectivity index is 3.97. The Morgan fingerprint density at radius 2 is 1.77 bits per heavy atom. The molecule has 0 rings (SSSR count). The lowest BCUT2D eigenvalue weighted by Gasteiger charge is -2.38. The van der Waals surface area contributed by atoms with Crippen LogP contribution in [0.25, 0.3) is 0 Å². The Hall–Kier alpha value is -0.340. The molecule has 2 nitrogen and oxygen atoms in total. The summed E-state index contributed by atoms with van der Waals surface area (Å²) in [6, 6.07) is 0. The fraction of sp³-hybridized carbons (Fsp3) is 0.818. The molecule has 0 heterocycles. The van der Waals surface area contributed by atoms with Crippen molar-refractivity contribution in [2.24, 2.45) is 0 Å². The molecular weight excluding hydrogens is 162 g/mol. The van der Waals surface area contributed by atoms with Crippen LogP contribution in [0.2, 0.25) is 0 Å². The Morgan fingerprint density at radius 1 is 1.31 bits per heavy atom. The molecular formula is C11H23NO. The fourth-order valence-corrected chi connectivity index (χ4v) is 0.805. The SMILES string of the molecule is C=C(C)CCNC(C)(C)C(C)(C)O. The third-order valence-corrected chi connectivity index (χ3v) is 2.65. The maximum Gasteiger partial charge on any atom is 0.0767 e. The molecule has 0 unspecified atom stereocenters. The molecule has 0 saturated carbocycles. The van der Waals surface area contributed by atoms with Gasteiger partial charge in [0.15, 0.2) is 0 Å². The first-order valence-electron chi connectivity index (χ1n) is 4.78. The van der Waals surface area contributed by atoms with E-state index in [0.29, 0.717) is 0 Å². The zero-order chi connectivity index (χ0) is 10.7. The highest BCUT2D eigenvalue weighted by molar-refractivity contribution is 4.95. The molecule has 0 aromatic heterocycles. The summed E-state index contributed by atoms with van der Waals surface area (Å²) in [7, 11) is 0.